The summed E-state index contributed by atoms with van der Waals surface area (Å²) >= 11 is 1.44. The molecule has 336 valence electrons. The quantitative estimate of drug-likeness (QED) is 0.107. The molecule has 4 heterocycles. The van der Waals surface area contributed by atoms with Crippen LogP contribution in [0.4, 0.5) is 18.9 Å². The Labute approximate surface area is 368 Å². The molecule has 2 aliphatic heterocycles. The van der Waals surface area contributed by atoms with E-state index in [0.29, 0.717) is 71.6 Å². The Balaban J connectivity index is 1.16. The lowest BCUT2D eigenvalue weighted by Crippen LogP contribution is -2.58. The van der Waals surface area contributed by atoms with Gasteiger partial charge in [0.2, 0.25) is 21.8 Å². The van der Waals surface area contributed by atoms with Gasteiger partial charge in [-0.25, -0.2) is 31.6 Å². The van der Waals surface area contributed by atoms with E-state index in [1.807, 2.05) is 44.4 Å². The number of hydrogen-bond acceptors (Lipinski definition) is 11. The summed E-state index contributed by atoms with van der Waals surface area (Å²) in [6.45, 7) is 7.43. The van der Waals surface area contributed by atoms with E-state index in [1.54, 1.807) is 26.2 Å². The smallest absolute Gasteiger partial charge is 0.259 e. The maximum Gasteiger partial charge on any atom is 0.259 e. The normalized spacial score (nSPS) is 24.8. The fraction of sp³-hybridized carbons (Fsp3) is 0.489. The minimum atomic E-state index is -4.06. The molecule has 2 aromatic heterocycles. The number of nitrogens with one attached hydrogen (secondary N) is 3. The highest BCUT2D eigenvalue weighted by Crippen LogP contribution is 2.48. The van der Waals surface area contributed by atoms with E-state index in [0.717, 1.165) is 23.4 Å². The second kappa shape index (κ2) is 17.0. The molecule has 2 aromatic carbocycles. The molecule has 3 amide bonds. The van der Waals surface area contributed by atoms with Crippen molar-refractivity contribution in [2.75, 3.05) is 19.0 Å². The van der Waals surface area contributed by atoms with Crippen molar-refractivity contribution in [3.8, 4) is 22.2 Å². The number of aromatic nitrogens is 2. The van der Waals surface area contributed by atoms with Crippen LogP contribution in [0.3, 0.4) is 0 Å². The number of carbonyl (C=O) groups is 3. The zero-order chi connectivity index (χ0) is 45.0. The van der Waals surface area contributed by atoms with Crippen LogP contribution in [0.1, 0.15) is 95.7 Å². The molecule has 1 saturated heterocycles. The Morgan fingerprint density at radius 2 is 1.79 bits per heavy atom. The molecule has 13 nitrogen and oxygen atoms in total. The number of benzene rings is 2. The Bertz CT molecular complexity index is 2600. The number of ether oxygens (including phenoxy) is 2. The number of carbonyl (C=O) groups excluding carboxylic acids is 3. The summed E-state index contributed by atoms with van der Waals surface area (Å²) in [5.74, 6) is -5.96. The van der Waals surface area contributed by atoms with E-state index in [-0.39, 0.29) is 37.4 Å². The maximum absolute atomic E-state index is 14.8. The van der Waals surface area contributed by atoms with Crippen LogP contribution in [0.15, 0.2) is 47.9 Å². The van der Waals surface area contributed by atoms with Crippen molar-refractivity contribution in [1.29, 1.82) is 0 Å². The van der Waals surface area contributed by atoms with E-state index >= 15 is 0 Å². The molecule has 5 atom stereocenters. The van der Waals surface area contributed by atoms with Gasteiger partial charge >= 0.3 is 0 Å². The summed E-state index contributed by atoms with van der Waals surface area (Å²) in [6, 6.07) is 4.60. The van der Waals surface area contributed by atoms with Gasteiger partial charge in [-0.15, -0.1) is 11.3 Å². The molecule has 4 aromatic rings. The Morgan fingerprint density at radius 1 is 1.05 bits per heavy atom. The second-order valence-corrected chi connectivity index (χ2v) is 20.7. The highest BCUT2D eigenvalue weighted by molar-refractivity contribution is 7.91. The van der Waals surface area contributed by atoms with Crippen molar-refractivity contribution in [3.63, 3.8) is 0 Å². The molecule has 0 unspecified atom stereocenters. The fourth-order valence-electron chi connectivity index (χ4n) is 8.44. The first kappa shape index (κ1) is 44.4. The number of nitrogens with zero attached hydrogens (tertiary/aromatic N) is 3. The van der Waals surface area contributed by atoms with Crippen LogP contribution in [0.25, 0.3) is 21.6 Å². The first-order valence-corrected chi connectivity index (χ1v) is 23.7. The van der Waals surface area contributed by atoms with Gasteiger partial charge in [-0.3, -0.25) is 19.1 Å². The number of amides is 3. The number of aryl methyl sites for hydroxylation is 1. The van der Waals surface area contributed by atoms with Crippen molar-refractivity contribution in [2.24, 2.45) is 5.92 Å². The van der Waals surface area contributed by atoms with E-state index < -0.39 is 79.6 Å². The minimum Gasteiger partial charge on any atom is -0.496 e. The molecule has 63 heavy (non-hydrogen) atoms. The number of pyridine rings is 1. The van der Waals surface area contributed by atoms with Crippen LogP contribution >= 0.6 is 11.3 Å². The largest absolute Gasteiger partial charge is 0.496 e. The number of hydrogen-bond donors (Lipinski definition) is 3. The molecule has 0 bridgehead atoms. The summed E-state index contributed by atoms with van der Waals surface area (Å²) in [4.78, 5) is 54.7. The number of methoxy groups -OCH3 is 1. The highest BCUT2D eigenvalue weighted by Gasteiger charge is 2.63. The number of allylic oxidation sites excluding steroid dienone is 1. The van der Waals surface area contributed by atoms with Gasteiger partial charge in [-0.1, -0.05) is 38.8 Å². The van der Waals surface area contributed by atoms with Crippen molar-refractivity contribution in [1.82, 2.24) is 24.9 Å². The lowest BCUT2D eigenvalue weighted by atomic mass is 10.0. The zero-order valence-corrected chi connectivity index (χ0v) is 37.4. The van der Waals surface area contributed by atoms with Crippen LogP contribution in [-0.2, 0) is 24.4 Å². The minimum absolute atomic E-state index is 0.0400. The Morgan fingerprint density at radius 3 is 2.48 bits per heavy atom. The van der Waals surface area contributed by atoms with E-state index in [9.17, 15) is 36.0 Å². The molecular weight excluding hydrogens is 858 g/mol. The van der Waals surface area contributed by atoms with Gasteiger partial charge in [-0.2, -0.15) is 0 Å². The van der Waals surface area contributed by atoms with E-state index in [4.69, 9.17) is 19.4 Å². The van der Waals surface area contributed by atoms with Crippen molar-refractivity contribution in [3.05, 3.63) is 76.6 Å². The zero-order valence-electron chi connectivity index (χ0n) is 35.7. The lowest BCUT2D eigenvalue weighted by Gasteiger charge is -2.30. The average molecular weight is 909 g/mol. The van der Waals surface area contributed by atoms with E-state index in [1.165, 1.54) is 16.2 Å². The van der Waals surface area contributed by atoms with Crippen molar-refractivity contribution < 1.29 is 45.4 Å². The van der Waals surface area contributed by atoms with Crippen molar-refractivity contribution >= 4 is 55.7 Å². The van der Waals surface area contributed by atoms with Crippen molar-refractivity contribution in [2.45, 2.75) is 120 Å². The molecule has 2 aliphatic carbocycles. The molecular formula is C45H51F3N6O7S2. The third kappa shape index (κ3) is 8.72. The van der Waals surface area contributed by atoms with Gasteiger partial charge in [0, 0.05) is 52.6 Å². The number of rotatable bonds is 10. The SMILES string of the molecule is COc1ccc2c(O[C@@H]3C[C@H]4C(=O)N[C@]5(C(=O)NS(=O)(=O)C6(C)CC6)C[C@H]5C=CCCCCC[C@H](Nc5cc(F)c(F)c(F)c5)C(=O)N4C3)cc(-c3nc(C(C)C)cs3)nc2c1C. The molecule has 18 heteroatoms. The summed E-state index contributed by atoms with van der Waals surface area (Å²) in [5.41, 5.74) is 1.04. The monoisotopic (exact) mass is 908 g/mol. The average Bonchev–Trinajstić information content (AvgIpc) is 4.01. The Hall–Kier alpha value is -5.23. The van der Waals surface area contributed by atoms with Crippen LogP contribution < -0.4 is 24.8 Å². The van der Waals surface area contributed by atoms with Gasteiger partial charge in [0.05, 0.1) is 29.6 Å². The summed E-state index contributed by atoms with van der Waals surface area (Å²) in [5, 5.41) is 9.07. The molecule has 0 radical (unpaired) electrons. The van der Waals surface area contributed by atoms with Crippen LogP contribution in [0.5, 0.6) is 11.5 Å². The fourth-order valence-corrected chi connectivity index (χ4v) is 10.7. The van der Waals surface area contributed by atoms with Gasteiger partial charge in [-0.05, 0) is 70.4 Å². The predicted octanol–water partition coefficient (Wildman–Crippen LogP) is 7.44. The Kier molecular flexibility index (Phi) is 12.0. The van der Waals surface area contributed by atoms with Crippen LogP contribution in [-0.4, -0.2) is 83.1 Å². The number of halogens is 3. The molecule has 3 N–H and O–H groups in total. The standard InChI is InChI=1S/C45H51F3N6O7S2/c1-24(2)34-23-62-41(51-34)33-20-37(29-13-14-36(60-5)25(3)39(29)50-33)61-28-19-35-40(55)52-45(43(57)53-63(58,59)44(4)15-16-44)21-26(45)11-9-7-6-8-10-12-32(42(56)54(35)22-28)49-27-17-30(46)38(48)31(47)18-27/h9,11,13-14,17-18,20,23-24,26,28,32,35,49H,6-8,10,12,15-16,19,21-22H2,1-5H3,(H,52,55)(H,53,57)/t26-,28-,32+,35+,45-/m1/s1. The number of sulfonamides is 1. The third-order valence-corrected chi connectivity index (χ3v) is 15.8. The lowest BCUT2D eigenvalue weighted by molar-refractivity contribution is -0.140. The summed E-state index contributed by atoms with van der Waals surface area (Å²) in [6.07, 6.45) is 6.54. The second-order valence-electron chi connectivity index (χ2n) is 17.7. The molecule has 4 aliphatic rings. The predicted molar refractivity (Wildman–Crippen MR) is 232 cm³/mol. The van der Waals surface area contributed by atoms with E-state index in [2.05, 4.69) is 15.4 Å². The van der Waals surface area contributed by atoms with Crippen LogP contribution in [0, 0.1) is 30.3 Å². The van der Waals surface area contributed by atoms with Gasteiger partial charge in [0.1, 0.15) is 45.9 Å². The topological polar surface area (TPSA) is 169 Å². The maximum atomic E-state index is 14.8. The molecule has 0 spiro atoms. The van der Waals surface area contributed by atoms with Gasteiger partial charge in [0.25, 0.3) is 5.91 Å². The molecule has 3 fully saturated rings. The third-order valence-electron chi connectivity index (χ3n) is 12.8. The van der Waals surface area contributed by atoms with Gasteiger partial charge < -0.3 is 25.0 Å². The highest BCUT2D eigenvalue weighted by atomic mass is 32.2. The summed E-state index contributed by atoms with van der Waals surface area (Å²) < 4.78 is 83.0. The number of thiazole rings is 1. The molecule has 8 rings (SSSR count). The number of anilines is 1. The van der Waals surface area contributed by atoms with Crippen LogP contribution in [0.2, 0.25) is 0 Å². The summed E-state index contributed by atoms with van der Waals surface area (Å²) in [7, 11) is -2.49. The molecule has 2 saturated carbocycles. The number of fused-ring (bicyclic) bond motifs is 3. The van der Waals surface area contributed by atoms with Gasteiger partial charge in [0.15, 0.2) is 17.5 Å². The first-order chi connectivity index (χ1) is 29.9. The first-order valence-electron chi connectivity index (χ1n) is 21.3.